The zero-order valence-electron chi connectivity index (χ0n) is 8.41. The fraction of sp³-hybridized carbons (Fsp3) is 0.364. The lowest BCUT2D eigenvalue weighted by molar-refractivity contribution is 0.0690. The molecule has 0 spiro atoms. The van der Waals surface area contributed by atoms with Gasteiger partial charge in [-0.2, -0.15) is 0 Å². The molecule has 0 radical (unpaired) electrons. The summed E-state index contributed by atoms with van der Waals surface area (Å²) in [4.78, 5) is 26.8. The molecule has 4 heteroatoms. The predicted molar refractivity (Wildman–Crippen MR) is 53.2 cm³/mol. The summed E-state index contributed by atoms with van der Waals surface area (Å²) in [6, 6.07) is 1.46. The maximum absolute atomic E-state index is 11.6. The number of aromatic nitrogens is 1. The number of carboxylic acids is 1. The second-order valence-corrected chi connectivity index (χ2v) is 3.71. The van der Waals surface area contributed by atoms with Crippen molar-refractivity contribution in [3.05, 3.63) is 28.6 Å². The average molecular weight is 205 g/mol. The molecule has 1 heterocycles. The first-order valence-corrected chi connectivity index (χ1v) is 4.86. The molecule has 0 aliphatic heterocycles. The van der Waals surface area contributed by atoms with Crippen molar-refractivity contribution >= 4 is 11.8 Å². The third-order valence-corrected chi connectivity index (χ3v) is 2.55. The van der Waals surface area contributed by atoms with Crippen LogP contribution >= 0.6 is 0 Å². The van der Waals surface area contributed by atoms with Gasteiger partial charge in [0.2, 0.25) is 0 Å². The van der Waals surface area contributed by atoms with Crippen molar-refractivity contribution in [3.63, 3.8) is 0 Å². The number of hydrogen-bond acceptors (Lipinski definition) is 3. The van der Waals surface area contributed by atoms with Gasteiger partial charge < -0.3 is 5.11 Å². The van der Waals surface area contributed by atoms with Crippen molar-refractivity contribution in [3.8, 4) is 0 Å². The zero-order chi connectivity index (χ0) is 11.0. The summed E-state index contributed by atoms with van der Waals surface area (Å²) in [5, 5.41) is 9.00. The fourth-order valence-electron chi connectivity index (χ4n) is 1.94. The highest BCUT2D eigenvalue weighted by Crippen LogP contribution is 2.23. The van der Waals surface area contributed by atoms with Gasteiger partial charge in [0.1, 0.15) is 0 Å². The molecule has 0 unspecified atom stereocenters. The monoisotopic (exact) mass is 205 g/mol. The van der Waals surface area contributed by atoms with Crippen LogP contribution in [0.5, 0.6) is 0 Å². The summed E-state index contributed by atoms with van der Waals surface area (Å²) in [5.74, 6) is -1.15. The number of Topliss-reactive ketones (excluding diaryl/α,β-unsaturated/α-hetero) is 1. The highest BCUT2D eigenvalue weighted by atomic mass is 16.4. The molecule has 1 aliphatic rings. The van der Waals surface area contributed by atoms with Gasteiger partial charge in [0.05, 0.1) is 16.8 Å². The van der Waals surface area contributed by atoms with Crippen LogP contribution in [0.1, 0.15) is 44.9 Å². The molecule has 1 aromatic heterocycles. The first kappa shape index (κ1) is 9.83. The minimum Gasteiger partial charge on any atom is -0.478 e. The lowest BCUT2D eigenvalue weighted by Crippen LogP contribution is -2.18. The largest absolute Gasteiger partial charge is 0.478 e. The molecule has 15 heavy (non-hydrogen) atoms. The topological polar surface area (TPSA) is 67.3 Å². The summed E-state index contributed by atoms with van der Waals surface area (Å²) in [6.45, 7) is 1.74. The Kier molecular flexibility index (Phi) is 2.26. The molecule has 4 nitrogen and oxygen atoms in total. The average Bonchev–Trinajstić information content (AvgIpc) is 2.16. The van der Waals surface area contributed by atoms with E-state index in [1.807, 2.05) is 0 Å². The van der Waals surface area contributed by atoms with Gasteiger partial charge >= 0.3 is 5.97 Å². The number of rotatable bonds is 1. The standard InChI is InChI=1S/C11H11NO3/c1-6-5-7(11(14)15)10-8(12-6)3-2-4-9(10)13/h5H,2-4H2,1H3,(H,14,15). The summed E-state index contributed by atoms with van der Waals surface area (Å²) in [6.07, 6.45) is 1.89. The van der Waals surface area contributed by atoms with Gasteiger partial charge in [-0.1, -0.05) is 0 Å². The van der Waals surface area contributed by atoms with Gasteiger partial charge in [0.15, 0.2) is 5.78 Å². The number of nitrogens with zero attached hydrogens (tertiary/aromatic N) is 1. The Labute approximate surface area is 87.0 Å². The third-order valence-electron chi connectivity index (χ3n) is 2.55. The van der Waals surface area contributed by atoms with E-state index in [2.05, 4.69) is 4.98 Å². The molecular formula is C11H11NO3. The van der Waals surface area contributed by atoms with Crippen molar-refractivity contribution in [2.45, 2.75) is 26.2 Å². The Morgan fingerprint density at radius 1 is 1.47 bits per heavy atom. The summed E-state index contributed by atoms with van der Waals surface area (Å²) in [7, 11) is 0. The van der Waals surface area contributed by atoms with Crippen LogP contribution in [0.2, 0.25) is 0 Å². The van der Waals surface area contributed by atoms with E-state index in [4.69, 9.17) is 5.11 Å². The molecule has 0 amide bonds. The van der Waals surface area contributed by atoms with Crippen LogP contribution in [0, 0.1) is 6.92 Å². The number of aryl methyl sites for hydroxylation is 2. The second-order valence-electron chi connectivity index (χ2n) is 3.71. The Hall–Kier alpha value is -1.71. The van der Waals surface area contributed by atoms with Gasteiger partial charge in [0, 0.05) is 12.1 Å². The van der Waals surface area contributed by atoms with E-state index in [-0.39, 0.29) is 11.3 Å². The first-order chi connectivity index (χ1) is 7.09. The number of carbonyl (C=O) groups excluding carboxylic acids is 1. The molecule has 1 aliphatic carbocycles. The van der Waals surface area contributed by atoms with Crippen LogP contribution < -0.4 is 0 Å². The van der Waals surface area contributed by atoms with E-state index in [1.165, 1.54) is 6.07 Å². The molecule has 0 atom stereocenters. The van der Waals surface area contributed by atoms with Gasteiger partial charge in [-0.05, 0) is 25.8 Å². The van der Waals surface area contributed by atoms with Gasteiger partial charge in [-0.25, -0.2) is 4.79 Å². The third kappa shape index (κ3) is 1.63. The quantitative estimate of drug-likeness (QED) is 0.756. The van der Waals surface area contributed by atoms with Crippen LogP contribution in [-0.2, 0) is 6.42 Å². The van der Waals surface area contributed by atoms with Gasteiger partial charge in [0.25, 0.3) is 0 Å². The van der Waals surface area contributed by atoms with Crippen LogP contribution in [0.3, 0.4) is 0 Å². The number of carbonyl (C=O) groups is 2. The number of hydrogen-bond donors (Lipinski definition) is 1. The van der Waals surface area contributed by atoms with Crippen LogP contribution in [-0.4, -0.2) is 21.8 Å². The summed E-state index contributed by atoms with van der Waals surface area (Å²) in [5.41, 5.74) is 1.71. The number of fused-ring (bicyclic) bond motifs is 1. The normalized spacial score (nSPS) is 14.9. The summed E-state index contributed by atoms with van der Waals surface area (Å²) < 4.78 is 0. The fourth-order valence-corrected chi connectivity index (χ4v) is 1.94. The minimum atomic E-state index is -1.05. The Balaban J connectivity index is 2.69. The van der Waals surface area contributed by atoms with Crippen molar-refractivity contribution < 1.29 is 14.7 Å². The molecular weight excluding hydrogens is 194 g/mol. The Morgan fingerprint density at radius 3 is 2.87 bits per heavy atom. The van der Waals surface area contributed by atoms with E-state index in [0.717, 1.165) is 6.42 Å². The molecule has 0 fully saturated rings. The van der Waals surface area contributed by atoms with E-state index < -0.39 is 5.97 Å². The SMILES string of the molecule is Cc1cc(C(=O)O)c2c(n1)CCCC2=O. The lowest BCUT2D eigenvalue weighted by Gasteiger charge is -2.16. The van der Waals surface area contributed by atoms with E-state index >= 15 is 0 Å². The van der Waals surface area contributed by atoms with E-state index in [1.54, 1.807) is 6.92 Å². The van der Waals surface area contributed by atoms with Gasteiger partial charge in [-0.15, -0.1) is 0 Å². The predicted octanol–water partition coefficient (Wildman–Crippen LogP) is 1.61. The maximum Gasteiger partial charge on any atom is 0.336 e. The zero-order valence-corrected chi connectivity index (χ0v) is 8.41. The number of pyridine rings is 1. The molecule has 78 valence electrons. The van der Waals surface area contributed by atoms with E-state index in [0.29, 0.717) is 29.8 Å². The highest BCUT2D eigenvalue weighted by Gasteiger charge is 2.25. The molecule has 0 aromatic carbocycles. The number of carboxylic acid groups (broad SMARTS) is 1. The van der Waals surface area contributed by atoms with Crippen molar-refractivity contribution in [2.24, 2.45) is 0 Å². The first-order valence-electron chi connectivity index (χ1n) is 4.86. The van der Waals surface area contributed by atoms with Crippen molar-refractivity contribution in [1.29, 1.82) is 0 Å². The van der Waals surface area contributed by atoms with Crippen LogP contribution in [0.15, 0.2) is 6.07 Å². The molecule has 0 saturated heterocycles. The minimum absolute atomic E-state index is 0.0962. The smallest absolute Gasteiger partial charge is 0.336 e. The van der Waals surface area contributed by atoms with Gasteiger partial charge in [-0.3, -0.25) is 9.78 Å². The number of aromatic carboxylic acids is 1. The molecule has 0 saturated carbocycles. The molecule has 2 rings (SSSR count). The van der Waals surface area contributed by atoms with Crippen LogP contribution in [0.4, 0.5) is 0 Å². The Bertz CT molecular complexity index is 451. The second kappa shape index (κ2) is 3.46. The highest BCUT2D eigenvalue weighted by molar-refractivity contribution is 6.07. The van der Waals surface area contributed by atoms with Crippen molar-refractivity contribution in [1.82, 2.24) is 4.98 Å². The van der Waals surface area contributed by atoms with E-state index in [9.17, 15) is 9.59 Å². The summed E-state index contributed by atoms with van der Waals surface area (Å²) >= 11 is 0. The van der Waals surface area contributed by atoms with Crippen molar-refractivity contribution in [2.75, 3.05) is 0 Å². The Morgan fingerprint density at radius 2 is 2.20 bits per heavy atom. The number of ketones is 1. The lowest BCUT2D eigenvalue weighted by atomic mass is 9.90. The maximum atomic E-state index is 11.6. The molecule has 0 bridgehead atoms. The molecule has 1 N–H and O–H groups in total. The molecule has 1 aromatic rings. The van der Waals surface area contributed by atoms with Crippen LogP contribution in [0.25, 0.3) is 0 Å².